The van der Waals surface area contributed by atoms with Gasteiger partial charge in [0.2, 0.25) is 0 Å². The van der Waals surface area contributed by atoms with Gasteiger partial charge in [0.05, 0.1) is 18.9 Å². The number of aryl methyl sites for hydroxylation is 1. The largest absolute Gasteiger partial charge is 0.493 e. The average Bonchev–Trinajstić information content (AvgIpc) is 3.68. The molecule has 5 heteroatoms. The molecule has 0 radical (unpaired) electrons. The van der Waals surface area contributed by atoms with Crippen molar-refractivity contribution in [2.24, 2.45) is 11.8 Å². The van der Waals surface area contributed by atoms with Crippen LogP contribution in [0.1, 0.15) is 74.0 Å². The first-order valence-corrected chi connectivity index (χ1v) is 14.1. The van der Waals surface area contributed by atoms with Gasteiger partial charge in [0.1, 0.15) is 5.75 Å². The van der Waals surface area contributed by atoms with Gasteiger partial charge in [-0.2, -0.15) is 0 Å². The fourth-order valence-electron chi connectivity index (χ4n) is 5.75. The predicted octanol–water partition coefficient (Wildman–Crippen LogP) is 6.49. The lowest BCUT2D eigenvalue weighted by Gasteiger charge is -2.39. The van der Waals surface area contributed by atoms with Crippen LogP contribution in [0.5, 0.6) is 5.75 Å². The normalized spacial score (nSPS) is 23.4. The van der Waals surface area contributed by atoms with E-state index < -0.39 is 0 Å². The molecule has 182 valence electrons. The van der Waals surface area contributed by atoms with Crippen molar-refractivity contribution in [1.82, 2.24) is 0 Å². The van der Waals surface area contributed by atoms with Crippen LogP contribution in [0.3, 0.4) is 0 Å². The molecule has 4 aliphatic rings. The quantitative estimate of drug-likeness (QED) is 0.438. The van der Waals surface area contributed by atoms with Gasteiger partial charge in [-0.3, -0.25) is 0 Å². The van der Waals surface area contributed by atoms with E-state index in [1.807, 2.05) is 11.9 Å². The molecule has 2 saturated carbocycles. The SMILES string of the molecule is OCc1cc(SN2c3ccc(C4CCC4)cc3CCC2C2CC2)ccc1OCC1CCOCC1. The number of fused-ring (bicyclic) bond motifs is 1. The fraction of sp³-hybridized carbons (Fsp3) is 0.586. The van der Waals surface area contributed by atoms with Gasteiger partial charge in [-0.15, -0.1) is 0 Å². The molecule has 1 N–H and O–H groups in total. The molecule has 1 unspecified atom stereocenters. The monoisotopic (exact) mass is 479 g/mol. The van der Waals surface area contributed by atoms with Gasteiger partial charge in [0.15, 0.2) is 0 Å². The summed E-state index contributed by atoms with van der Waals surface area (Å²) in [6.45, 7) is 2.37. The highest BCUT2D eigenvalue weighted by Gasteiger charge is 2.39. The second kappa shape index (κ2) is 10.1. The molecule has 2 heterocycles. The Kier molecular flexibility index (Phi) is 6.77. The number of nitrogens with zero attached hydrogens (tertiary/aromatic N) is 1. The van der Waals surface area contributed by atoms with E-state index in [1.165, 1.54) is 61.1 Å². The zero-order valence-corrected chi connectivity index (χ0v) is 20.9. The van der Waals surface area contributed by atoms with Crippen molar-refractivity contribution < 1.29 is 14.6 Å². The zero-order valence-electron chi connectivity index (χ0n) is 20.1. The summed E-state index contributed by atoms with van der Waals surface area (Å²) in [5.41, 5.74) is 5.36. The van der Waals surface area contributed by atoms with E-state index in [2.05, 4.69) is 40.7 Å². The molecule has 2 aliphatic heterocycles. The van der Waals surface area contributed by atoms with Crippen molar-refractivity contribution in [2.75, 3.05) is 24.1 Å². The Hall–Kier alpha value is -1.69. The second-order valence-corrected chi connectivity index (χ2v) is 11.7. The van der Waals surface area contributed by atoms with Crippen molar-refractivity contribution in [3.05, 3.63) is 53.1 Å². The number of aliphatic hydroxyl groups excluding tert-OH is 1. The molecule has 3 fully saturated rings. The third-order valence-corrected chi connectivity index (χ3v) is 9.44. The molecule has 0 amide bonds. The van der Waals surface area contributed by atoms with E-state index in [4.69, 9.17) is 9.47 Å². The molecule has 0 aromatic heterocycles. The maximum absolute atomic E-state index is 10.1. The van der Waals surface area contributed by atoms with E-state index in [9.17, 15) is 5.11 Å². The van der Waals surface area contributed by atoms with Gasteiger partial charge in [0, 0.05) is 29.7 Å². The van der Waals surface area contributed by atoms with E-state index in [0.29, 0.717) is 18.6 Å². The van der Waals surface area contributed by atoms with Crippen molar-refractivity contribution >= 4 is 17.6 Å². The summed E-state index contributed by atoms with van der Waals surface area (Å²) in [4.78, 5) is 1.18. The number of hydrogen-bond acceptors (Lipinski definition) is 5. The smallest absolute Gasteiger partial charge is 0.124 e. The maximum atomic E-state index is 10.1. The number of benzene rings is 2. The lowest BCUT2D eigenvalue weighted by molar-refractivity contribution is 0.0494. The van der Waals surface area contributed by atoms with Gasteiger partial charge in [-0.1, -0.05) is 18.6 Å². The highest BCUT2D eigenvalue weighted by atomic mass is 32.2. The highest BCUT2D eigenvalue weighted by Crippen LogP contribution is 2.48. The van der Waals surface area contributed by atoms with Gasteiger partial charge >= 0.3 is 0 Å². The maximum Gasteiger partial charge on any atom is 0.124 e. The Morgan fingerprint density at radius 1 is 0.971 bits per heavy atom. The van der Waals surface area contributed by atoms with Crippen molar-refractivity contribution in [3.63, 3.8) is 0 Å². The third-order valence-electron chi connectivity index (χ3n) is 8.32. The molecule has 2 aromatic carbocycles. The van der Waals surface area contributed by atoms with E-state index in [0.717, 1.165) is 49.2 Å². The number of hydrogen-bond donors (Lipinski definition) is 1. The Labute approximate surface area is 208 Å². The van der Waals surface area contributed by atoms with Crippen LogP contribution in [-0.4, -0.2) is 31.0 Å². The summed E-state index contributed by atoms with van der Waals surface area (Å²) in [5, 5.41) is 10.1. The van der Waals surface area contributed by atoms with Crippen LogP contribution < -0.4 is 9.04 Å². The third kappa shape index (κ3) is 4.84. The van der Waals surface area contributed by atoms with Crippen LogP contribution >= 0.6 is 11.9 Å². The van der Waals surface area contributed by atoms with Gasteiger partial charge in [0.25, 0.3) is 0 Å². The number of anilines is 1. The number of aliphatic hydroxyl groups is 1. The predicted molar refractivity (Wildman–Crippen MR) is 138 cm³/mol. The Morgan fingerprint density at radius 2 is 1.82 bits per heavy atom. The topological polar surface area (TPSA) is 41.9 Å². The van der Waals surface area contributed by atoms with Crippen LogP contribution in [0.2, 0.25) is 0 Å². The lowest BCUT2D eigenvalue weighted by Crippen LogP contribution is -2.36. The lowest BCUT2D eigenvalue weighted by atomic mass is 9.79. The zero-order chi connectivity index (χ0) is 22.9. The molecular formula is C29H37NO3S. The minimum Gasteiger partial charge on any atom is -0.493 e. The molecule has 34 heavy (non-hydrogen) atoms. The average molecular weight is 480 g/mol. The molecule has 0 spiro atoms. The van der Waals surface area contributed by atoms with Crippen molar-refractivity contribution in [1.29, 1.82) is 0 Å². The summed E-state index contributed by atoms with van der Waals surface area (Å²) < 4.78 is 14.2. The molecule has 1 atom stereocenters. The first kappa shape index (κ1) is 22.8. The first-order chi connectivity index (χ1) is 16.8. The van der Waals surface area contributed by atoms with E-state index >= 15 is 0 Å². The standard InChI is InChI=1S/C29H37NO3S/c31-18-25-17-26(8-11-29(25)33-19-20-12-14-32-15-13-20)34-30-27(22-4-5-22)10-7-24-16-23(6-9-28(24)30)21-2-1-3-21/h6,8-9,11,16-17,20-22,27,31H,1-5,7,10,12-15,18-19H2. The van der Waals surface area contributed by atoms with E-state index in [1.54, 1.807) is 5.56 Å². The summed E-state index contributed by atoms with van der Waals surface area (Å²) in [6.07, 6.45) is 11.4. The van der Waals surface area contributed by atoms with Gasteiger partial charge in [-0.25, -0.2) is 0 Å². The molecule has 0 bridgehead atoms. The Morgan fingerprint density at radius 3 is 2.56 bits per heavy atom. The summed E-state index contributed by atoms with van der Waals surface area (Å²) >= 11 is 1.85. The van der Waals surface area contributed by atoms with Gasteiger partial charge < -0.3 is 18.9 Å². The molecular weight excluding hydrogens is 442 g/mol. The molecule has 2 aromatic rings. The second-order valence-electron chi connectivity index (χ2n) is 10.7. The minimum absolute atomic E-state index is 0.00486. The van der Waals surface area contributed by atoms with Crippen molar-refractivity contribution in [2.45, 2.75) is 81.2 Å². The summed E-state index contributed by atoms with van der Waals surface area (Å²) in [6, 6.07) is 14.2. The molecule has 2 aliphatic carbocycles. The van der Waals surface area contributed by atoms with Gasteiger partial charge in [-0.05, 0) is 116 Å². The van der Waals surface area contributed by atoms with E-state index in [-0.39, 0.29) is 6.61 Å². The van der Waals surface area contributed by atoms with Crippen LogP contribution in [0.15, 0.2) is 41.3 Å². The Bertz CT molecular complexity index is 997. The fourth-order valence-corrected chi connectivity index (χ4v) is 6.99. The molecule has 4 nitrogen and oxygen atoms in total. The van der Waals surface area contributed by atoms with Crippen LogP contribution in [0, 0.1) is 11.8 Å². The number of ether oxygens (including phenoxy) is 2. The van der Waals surface area contributed by atoms with Crippen LogP contribution in [0.4, 0.5) is 5.69 Å². The molecule has 6 rings (SSSR count). The van der Waals surface area contributed by atoms with Crippen molar-refractivity contribution in [3.8, 4) is 5.75 Å². The van der Waals surface area contributed by atoms with Crippen LogP contribution in [-0.2, 0) is 17.8 Å². The summed E-state index contributed by atoms with van der Waals surface area (Å²) in [5.74, 6) is 2.98. The number of rotatable bonds is 8. The first-order valence-electron chi connectivity index (χ1n) is 13.3. The Balaban J connectivity index is 1.20. The van der Waals surface area contributed by atoms with Crippen LogP contribution in [0.25, 0.3) is 0 Å². The summed E-state index contributed by atoms with van der Waals surface area (Å²) in [7, 11) is 0. The minimum atomic E-state index is 0.00486. The highest BCUT2D eigenvalue weighted by molar-refractivity contribution is 8.00. The molecule has 1 saturated heterocycles.